The van der Waals surface area contributed by atoms with Gasteiger partial charge in [-0.3, -0.25) is 0 Å². The molecule has 92 heavy (non-hydrogen) atoms. The Morgan fingerprint density at radius 2 is 0.511 bits per heavy atom. The molecule has 0 amide bonds. The second-order valence-corrected chi connectivity index (χ2v) is 30.4. The van der Waals surface area contributed by atoms with Crippen LogP contribution in [0.5, 0.6) is 34.5 Å². The summed E-state index contributed by atoms with van der Waals surface area (Å²) in [5.74, 6) is 2.55. The van der Waals surface area contributed by atoms with Crippen LogP contribution in [0, 0.1) is 0 Å². The SMILES string of the molecule is CCOC(=O)COc1ccc(C(C)(C)C)cc1Cc1cc(C(C)(C)C)cc(Cc2cc(C(C)(C)C)cc(Cc3cc(C(C)(C)C)cc(Cc4cc(C(C)(C)C)cc(Cc5cc(C(C)(C)C)ccc5OC)c4OCC(=O)OCC)c3OC)c2OCC(=O)OCC)c1OC. The molecule has 0 unspecified atom stereocenters. The van der Waals surface area contributed by atoms with E-state index in [1.165, 1.54) is 5.56 Å². The highest BCUT2D eigenvalue weighted by molar-refractivity contribution is 5.72. The van der Waals surface area contributed by atoms with Crippen molar-refractivity contribution in [3.63, 3.8) is 0 Å². The minimum absolute atomic E-state index is 0.120. The van der Waals surface area contributed by atoms with Crippen molar-refractivity contribution in [2.45, 2.75) is 210 Å². The van der Waals surface area contributed by atoms with E-state index in [1.807, 2.05) is 12.1 Å². The van der Waals surface area contributed by atoms with Gasteiger partial charge in [-0.15, -0.1) is 0 Å². The van der Waals surface area contributed by atoms with Crippen LogP contribution in [0.1, 0.15) is 234 Å². The molecular formula is C80H108O12. The van der Waals surface area contributed by atoms with Crippen LogP contribution < -0.4 is 28.4 Å². The van der Waals surface area contributed by atoms with Crippen molar-refractivity contribution >= 4 is 17.9 Å². The zero-order chi connectivity index (χ0) is 68.5. The normalized spacial score (nSPS) is 12.3. The summed E-state index contributed by atoms with van der Waals surface area (Å²) in [5.41, 5.74) is 14.3. The van der Waals surface area contributed by atoms with Crippen LogP contribution >= 0.6 is 0 Å². The summed E-state index contributed by atoms with van der Waals surface area (Å²) >= 11 is 0. The highest BCUT2D eigenvalue weighted by Crippen LogP contribution is 2.45. The van der Waals surface area contributed by atoms with Crippen molar-refractivity contribution in [2.24, 2.45) is 0 Å². The minimum Gasteiger partial charge on any atom is -0.496 e. The molecule has 6 aromatic carbocycles. The van der Waals surface area contributed by atoms with Crippen molar-refractivity contribution in [2.75, 3.05) is 61.0 Å². The van der Waals surface area contributed by atoms with Gasteiger partial charge in [0.15, 0.2) is 19.8 Å². The maximum atomic E-state index is 13.5. The molecule has 0 aliphatic heterocycles. The predicted octanol–water partition coefficient (Wildman–Crippen LogP) is 17.3. The van der Waals surface area contributed by atoms with Crippen LogP contribution in [0.3, 0.4) is 0 Å². The monoisotopic (exact) mass is 1260 g/mol. The van der Waals surface area contributed by atoms with Crippen LogP contribution in [0.15, 0.2) is 84.9 Å². The van der Waals surface area contributed by atoms with Gasteiger partial charge in [0.05, 0.1) is 41.2 Å². The van der Waals surface area contributed by atoms with Gasteiger partial charge >= 0.3 is 17.9 Å². The number of benzene rings is 6. The number of methoxy groups -OCH3 is 3. The number of carbonyl (C=O) groups is 3. The summed E-state index contributed by atoms with van der Waals surface area (Å²) < 4.78 is 55.3. The fourth-order valence-corrected chi connectivity index (χ4v) is 11.4. The van der Waals surface area contributed by atoms with Crippen molar-refractivity contribution in [3.8, 4) is 34.5 Å². The summed E-state index contributed by atoms with van der Waals surface area (Å²) in [7, 11) is 5.13. The first kappa shape index (κ1) is 73.6. The average molecular weight is 1260 g/mol. The third kappa shape index (κ3) is 19.3. The Morgan fingerprint density at radius 3 is 0.761 bits per heavy atom. The van der Waals surface area contributed by atoms with Gasteiger partial charge in [-0.1, -0.05) is 197 Å². The fraction of sp³-hybridized carbons (Fsp3) is 0.512. The molecule has 0 saturated heterocycles. The Morgan fingerprint density at radius 1 is 0.283 bits per heavy atom. The van der Waals surface area contributed by atoms with Gasteiger partial charge in [0.2, 0.25) is 0 Å². The Hall–Kier alpha value is -7.47. The summed E-state index contributed by atoms with van der Waals surface area (Å²) in [6.45, 7) is 44.9. The number of rotatable bonds is 25. The summed E-state index contributed by atoms with van der Waals surface area (Å²) in [4.78, 5) is 39.5. The van der Waals surface area contributed by atoms with Crippen molar-refractivity contribution in [1.82, 2.24) is 0 Å². The van der Waals surface area contributed by atoms with Crippen LogP contribution in [0.2, 0.25) is 0 Å². The number of ether oxygens (including phenoxy) is 9. The summed E-state index contributed by atoms with van der Waals surface area (Å²) in [5, 5.41) is 0. The number of hydrogen-bond acceptors (Lipinski definition) is 12. The predicted molar refractivity (Wildman–Crippen MR) is 371 cm³/mol. The molecule has 500 valence electrons. The molecule has 6 aromatic rings. The Kier molecular flexibility index (Phi) is 24.1. The molecule has 0 aliphatic rings. The molecule has 0 heterocycles. The lowest BCUT2D eigenvalue weighted by molar-refractivity contribution is -0.146. The lowest BCUT2D eigenvalue weighted by Crippen LogP contribution is -2.19. The van der Waals surface area contributed by atoms with Gasteiger partial charge < -0.3 is 42.6 Å². The van der Waals surface area contributed by atoms with E-state index in [0.29, 0.717) is 60.9 Å². The van der Waals surface area contributed by atoms with Gasteiger partial charge in [0.1, 0.15) is 34.5 Å². The molecule has 0 fully saturated rings. The van der Waals surface area contributed by atoms with E-state index in [9.17, 15) is 14.4 Å². The van der Waals surface area contributed by atoms with Crippen LogP contribution in [-0.2, 0) is 93.2 Å². The number of esters is 3. The molecule has 12 heteroatoms. The molecular weight excluding hydrogens is 1150 g/mol. The van der Waals surface area contributed by atoms with E-state index in [0.717, 1.165) is 89.2 Å². The smallest absolute Gasteiger partial charge is 0.344 e. The van der Waals surface area contributed by atoms with E-state index in [2.05, 4.69) is 197 Å². The van der Waals surface area contributed by atoms with E-state index in [4.69, 9.17) is 42.6 Å². The number of hydrogen-bond donors (Lipinski definition) is 0. The second kappa shape index (κ2) is 30.1. The van der Waals surface area contributed by atoms with Gasteiger partial charge in [-0.05, 0) is 154 Å². The van der Waals surface area contributed by atoms with E-state index in [-0.39, 0.29) is 72.1 Å². The maximum absolute atomic E-state index is 13.5. The molecule has 0 saturated carbocycles. The highest BCUT2D eigenvalue weighted by Gasteiger charge is 2.30. The molecule has 0 spiro atoms. The van der Waals surface area contributed by atoms with Gasteiger partial charge in [0.25, 0.3) is 0 Å². The largest absolute Gasteiger partial charge is 0.496 e. The maximum Gasteiger partial charge on any atom is 0.344 e. The Labute approximate surface area is 551 Å². The van der Waals surface area contributed by atoms with Crippen molar-refractivity contribution < 1.29 is 57.0 Å². The first-order chi connectivity index (χ1) is 42.8. The Balaban J connectivity index is 1.63. The molecule has 0 aromatic heterocycles. The van der Waals surface area contributed by atoms with E-state index in [1.54, 1.807) is 42.1 Å². The highest BCUT2D eigenvalue weighted by atomic mass is 16.6. The number of carbonyl (C=O) groups excluding carboxylic acids is 3. The van der Waals surface area contributed by atoms with Gasteiger partial charge in [0, 0.05) is 32.1 Å². The zero-order valence-corrected chi connectivity index (χ0v) is 60.3. The Bertz CT molecular complexity index is 3560. The lowest BCUT2D eigenvalue weighted by Gasteiger charge is -2.28. The molecule has 12 nitrogen and oxygen atoms in total. The third-order valence-electron chi connectivity index (χ3n) is 16.8. The van der Waals surface area contributed by atoms with Gasteiger partial charge in [-0.25, -0.2) is 14.4 Å². The molecule has 0 atom stereocenters. The first-order valence-electron chi connectivity index (χ1n) is 32.7. The average Bonchev–Trinajstić information content (AvgIpc) is 0.853. The van der Waals surface area contributed by atoms with E-state index < -0.39 is 17.9 Å². The van der Waals surface area contributed by atoms with Crippen molar-refractivity contribution in [1.29, 1.82) is 0 Å². The second-order valence-electron chi connectivity index (χ2n) is 30.4. The molecule has 0 radical (unpaired) electrons. The lowest BCUT2D eigenvalue weighted by atomic mass is 9.80. The van der Waals surface area contributed by atoms with Crippen molar-refractivity contribution in [3.05, 3.63) is 174 Å². The molecule has 0 aliphatic carbocycles. The topological polar surface area (TPSA) is 134 Å². The quantitative estimate of drug-likeness (QED) is 0.0399. The molecule has 6 rings (SSSR count). The van der Waals surface area contributed by atoms with Crippen LogP contribution in [0.25, 0.3) is 0 Å². The van der Waals surface area contributed by atoms with Gasteiger partial charge in [-0.2, -0.15) is 0 Å². The summed E-state index contributed by atoms with van der Waals surface area (Å²) in [6, 6.07) is 30.3. The van der Waals surface area contributed by atoms with Crippen LogP contribution in [0.4, 0.5) is 0 Å². The zero-order valence-electron chi connectivity index (χ0n) is 60.3. The van der Waals surface area contributed by atoms with Crippen LogP contribution in [-0.4, -0.2) is 78.9 Å². The minimum atomic E-state index is -0.481. The molecule has 0 bridgehead atoms. The molecule has 0 N–H and O–H groups in total. The summed E-state index contributed by atoms with van der Waals surface area (Å²) in [6.07, 6.45) is 2.04. The fourth-order valence-electron chi connectivity index (χ4n) is 11.4. The van der Waals surface area contributed by atoms with E-state index >= 15 is 0 Å². The standard InChI is InChI=1S/C80H108O12/c1-25-87-68(81)47-90-67-31-29-61(76(7,8)9)38-51(67)33-52-39-62(77(10,11)12)40-53(71(52)85-23)34-58-45-65(80(19,20)21)46-59(74(58)92-49-70(83)89-27-3)36-55-42-63(78(13,14)15)41-54(72(55)86-24)35-57-44-64(79(16,17)18)43-56(73(57)91-48-69(82)88-26-2)32-50-37-60(75(4,5)6)28-30-66(50)84-22/h28-31,37-46H,25-27,32-36,47-49H2,1-24H3. The third-order valence-corrected chi connectivity index (χ3v) is 16.8. The first-order valence-corrected chi connectivity index (χ1v) is 32.7.